The van der Waals surface area contributed by atoms with E-state index >= 15 is 0 Å². The molecule has 0 bridgehead atoms. The minimum absolute atomic E-state index is 0.122. The molecule has 20 heavy (non-hydrogen) atoms. The third-order valence-corrected chi connectivity index (χ3v) is 3.36. The van der Waals surface area contributed by atoms with Crippen LogP contribution in [0.1, 0.15) is 18.1 Å². The Kier molecular flexibility index (Phi) is 4.49. The summed E-state index contributed by atoms with van der Waals surface area (Å²) >= 11 is 4.89. The van der Waals surface area contributed by atoms with E-state index in [2.05, 4.69) is 9.97 Å². The molecule has 1 unspecified atom stereocenters. The normalized spacial score (nSPS) is 13.9. The summed E-state index contributed by atoms with van der Waals surface area (Å²) in [4.78, 5) is 17.5. The number of aliphatic hydroxyl groups excluding tert-OH is 1. The van der Waals surface area contributed by atoms with E-state index in [0.717, 1.165) is 5.56 Å². The van der Waals surface area contributed by atoms with Crippen molar-refractivity contribution in [2.45, 2.75) is 12.5 Å². The quantitative estimate of drug-likeness (QED) is 0.733. The van der Waals surface area contributed by atoms with Gasteiger partial charge in [0, 0.05) is 6.20 Å². The average molecular weight is 292 g/mol. The Morgan fingerprint density at radius 3 is 2.65 bits per heavy atom. The maximum absolute atomic E-state index is 12.1. The molecule has 0 saturated carbocycles. The maximum atomic E-state index is 12.1. The molecule has 1 aromatic heterocycles. The summed E-state index contributed by atoms with van der Waals surface area (Å²) in [5, 5.41) is 9.00. The Balaban J connectivity index is 2.57. The number of benzene rings is 1. The third-order valence-electron chi connectivity index (χ3n) is 3.14. The fourth-order valence-corrected chi connectivity index (χ4v) is 2.24. The Labute approximate surface area is 121 Å². The summed E-state index contributed by atoms with van der Waals surface area (Å²) in [7, 11) is 0. The monoisotopic (exact) mass is 292 g/mol. The molecule has 1 aromatic carbocycles. The van der Waals surface area contributed by atoms with Crippen LogP contribution in [0, 0.1) is 4.77 Å². The number of aliphatic hydroxyl groups is 1. The maximum Gasteiger partial charge on any atom is 0.258 e. The lowest BCUT2D eigenvalue weighted by atomic mass is 9.89. The number of hydrogen-bond acceptors (Lipinski definition) is 4. The topological polar surface area (TPSA) is 78.1 Å². The number of aromatic nitrogens is 2. The minimum atomic E-state index is -0.961. The van der Waals surface area contributed by atoms with Crippen molar-refractivity contribution in [3.05, 3.63) is 62.8 Å². The SMILES string of the molecule is CC(OCCO)(c1ccccc1)c1c[nH]c(=S)[nH]c1=O. The first-order chi connectivity index (χ1) is 9.58. The van der Waals surface area contributed by atoms with Gasteiger partial charge >= 0.3 is 0 Å². The molecule has 3 N–H and O–H groups in total. The zero-order valence-electron chi connectivity index (χ0n) is 11.1. The van der Waals surface area contributed by atoms with Crippen molar-refractivity contribution in [2.24, 2.45) is 0 Å². The Morgan fingerprint density at radius 2 is 2.05 bits per heavy atom. The lowest BCUT2D eigenvalue weighted by Crippen LogP contribution is -2.35. The summed E-state index contributed by atoms with van der Waals surface area (Å²) in [6.07, 6.45) is 1.55. The van der Waals surface area contributed by atoms with Gasteiger partial charge < -0.3 is 14.8 Å². The van der Waals surface area contributed by atoms with E-state index < -0.39 is 5.60 Å². The van der Waals surface area contributed by atoms with Crippen LogP contribution >= 0.6 is 12.2 Å². The molecule has 0 aliphatic rings. The molecular weight excluding hydrogens is 276 g/mol. The van der Waals surface area contributed by atoms with Crippen molar-refractivity contribution in [1.82, 2.24) is 9.97 Å². The van der Waals surface area contributed by atoms with Crippen molar-refractivity contribution >= 4 is 12.2 Å². The highest BCUT2D eigenvalue weighted by Crippen LogP contribution is 2.30. The molecule has 0 fully saturated rings. The van der Waals surface area contributed by atoms with Gasteiger partial charge in [-0.3, -0.25) is 9.78 Å². The van der Waals surface area contributed by atoms with Gasteiger partial charge in [-0.25, -0.2) is 0 Å². The standard InChI is InChI=1S/C14H16N2O3S/c1-14(19-8-7-17,10-5-3-2-4-6-10)11-9-15-13(20)16-12(11)18/h2-6,9,17H,7-8H2,1H3,(H2,15,16,18,20). The molecule has 1 atom stereocenters. The fourth-order valence-electron chi connectivity index (χ4n) is 2.09. The van der Waals surface area contributed by atoms with Crippen molar-refractivity contribution in [3.8, 4) is 0 Å². The van der Waals surface area contributed by atoms with E-state index in [9.17, 15) is 4.79 Å². The van der Waals surface area contributed by atoms with E-state index in [-0.39, 0.29) is 23.5 Å². The second-order valence-corrected chi connectivity index (χ2v) is 4.87. The average Bonchev–Trinajstić information content (AvgIpc) is 2.45. The van der Waals surface area contributed by atoms with E-state index in [1.54, 1.807) is 13.1 Å². The van der Waals surface area contributed by atoms with Gasteiger partial charge in [0.05, 0.1) is 18.8 Å². The number of hydrogen-bond donors (Lipinski definition) is 3. The van der Waals surface area contributed by atoms with Gasteiger partial charge in [-0.05, 0) is 24.7 Å². The van der Waals surface area contributed by atoms with Crippen molar-refractivity contribution < 1.29 is 9.84 Å². The molecule has 0 spiro atoms. The molecule has 5 nitrogen and oxygen atoms in total. The third kappa shape index (κ3) is 2.87. The highest BCUT2D eigenvalue weighted by atomic mass is 32.1. The number of nitrogens with one attached hydrogen (secondary N) is 2. The first kappa shape index (κ1) is 14.6. The van der Waals surface area contributed by atoms with Crippen molar-refractivity contribution in [2.75, 3.05) is 13.2 Å². The predicted octanol–water partition coefficient (Wildman–Crippen LogP) is 1.70. The molecule has 0 radical (unpaired) electrons. The van der Waals surface area contributed by atoms with Crippen molar-refractivity contribution in [3.63, 3.8) is 0 Å². The van der Waals surface area contributed by atoms with Crippen LogP contribution in [0.3, 0.4) is 0 Å². The van der Waals surface area contributed by atoms with Gasteiger partial charge in [-0.1, -0.05) is 30.3 Å². The van der Waals surface area contributed by atoms with Crippen LogP contribution in [-0.4, -0.2) is 28.3 Å². The smallest absolute Gasteiger partial charge is 0.258 e. The highest BCUT2D eigenvalue weighted by molar-refractivity contribution is 7.71. The van der Waals surface area contributed by atoms with Crippen LogP contribution < -0.4 is 5.56 Å². The second kappa shape index (κ2) is 6.13. The summed E-state index contributed by atoms with van der Waals surface area (Å²) in [5.74, 6) is 0. The van der Waals surface area contributed by atoms with E-state index in [1.165, 1.54) is 0 Å². The molecule has 2 aromatic rings. The summed E-state index contributed by atoms with van der Waals surface area (Å²) in [6, 6.07) is 9.37. The number of rotatable bonds is 5. The molecule has 0 amide bonds. The van der Waals surface area contributed by atoms with E-state index in [1.807, 2.05) is 30.3 Å². The van der Waals surface area contributed by atoms with Crippen LogP contribution in [0.2, 0.25) is 0 Å². The van der Waals surface area contributed by atoms with Gasteiger partial charge in [0.25, 0.3) is 5.56 Å². The Hall–Kier alpha value is -1.76. The minimum Gasteiger partial charge on any atom is -0.394 e. The first-order valence-electron chi connectivity index (χ1n) is 6.21. The molecule has 0 aliphatic heterocycles. The lowest BCUT2D eigenvalue weighted by Gasteiger charge is -2.29. The van der Waals surface area contributed by atoms with Crippen molar-refractivity contribution in [1.29, 1.82) is 0 Å². The van der Waals surface area contributed by atoms with Crippen LogP contribution in [0.5, 0.6) is 0 Å². The lowest BCUT2D eigenvalue weighted by molar-refractivity contribution is -0.0225. The van der Waals surface area contributed by atoms with E-state index in [4.69, 9.17) is 22.1 Å². The number of ether oxygens (including phenoxy) is 1. The second-order valence-electron chi connectivity index (χ2n) is 4.46. The molecule has 6 heteroatoms. The molecule has 1 heterocycles. The first-order valence-corrected chi connectivity index (χ1v) is 6.61. The zero-order chi connectivity index (χ0) is 14.6. The van der Waals surface area contributed by atoms with Gasteiger partial charge in [0.2, 0.25) is 0 Å². The van der Waals surface area contributed by atoms with Crippen LogP contribution in [0.4, 0.5) is 0 Å². The molecular formula is C14H16N2O3S. The molecule has 106 valence electrons. The van der Waals surface area contributed by atoms with Gasteiger partial charge in [0.15, 0.2) is 4.77 Å². The predicted molar refractivity (Wildman–Crippen MR) is 78.2 cm³/mol. The van der Waals surface area contributed by atoms with Crippen LogP contribution in [-0.2, 0) is 10.3 Å². The van der Waals surface area contributed by atoms with Gasteiger partial charge in [0.1, 0.15) is 5.60 Å². The van der Waals surface area contributed by atoms with Gasteiger partial charge in [-0.2, -0.15) is 0 Å². The fraction of sp³-hybridized carbons (Fsp3) is 0.286. The van der Waals surface area contributed by atoms with Crippen LogP contribution in [0.25, 0.3) is 0 Å². The highest BCUT2D eigenvalue weighted by Gasteiger charge is 2.32. The summed E-state index contributed by atoms with van der Waals surface area (Å²) in [6.45, 7) is 1.79. The number of aromatic amines is 2. The summed E-state index contributed by atoms with van der Waals surface area (Å²) in [5.41, 5.74) is -0.0369. The van der Waals surface area contributed by atoms with Crippen LogP contribution in [0.15, 0.2) is 41.3 Å². The zero-order valence-corrected chi connectivity index (χ0v) is 11.9. The molecule has 0 aliphatic carbocycles. The Morgan fingerprint density at radius 1 is 1.35 bits per heavy atom. The largest absolute Gasteiger partial charge is 0.394 e. The van der Waals surface area contributed by atoms with Gasteiger partial charge in [-0.15, -0.1) is 0 Å². The molecule has 2 rings (SSSR count). The molecule has 0 saturated heterocycles. The number of H-pyrrole nitrogens is 2. The Bertz CT molecular complexity index is 681. The van der Waals surface area contributed by atoms with E-state index in [0.29, 0.717) is 5.56 Å². The summed E-state index contributed by atoms with van der Waals surface area (Å²) < 4.78 is 6.01.